The molecule has 0 fully saturated rings. The zero-order chi connectivity index (χ0) is 8.97. The van der Waals surface area contributed by atoms with E-state index in [9.17, 15) is 0 Å². The van der Waals surface area contributed by atoms with Crippen molar-refractivity contribution in [2.24, 2.45) is 0 Å². The van der Waals surface area contributed by atoms with Gasteiger partial charge in [0, 0.05) is 12.2 Å². The molecule has 0 spiro atoms. The highest BCUT2D eigenvalue weighted by molar-refractivity contribution is 5.24. The smallest absolute Gasteiger partial charge is 0.140 e. The number of hydrogen-bond acceptors (Lipinski definition) is 3. The fourth-order valence-corrected chi connectivity index (χ4v) is 0.894. The third-order valence-electron chi connectivity index (χ3n) is 1.83. The predicted octanol–water partition coefficient (Wildman–Crippen LogP) is 1.23. The van der Waals surface area contributed by atoms with Gasteiger partial charge in [-0.1, -0.05) is 6.07 Å². The molecule has 0 aliphatic rings. The minimum atomic E-state index is 0.283. The van der Waals surface area contributed by atoms with Crippen LogP contribution in [0.25, 0.3) is 0 Å². The van der Waals surface area contributed by atoms with Crippen LogP contribution in [0.1, 0.15) is 24.2 Å². The highest BCUT2D eigenvalue weighted by Gasteiger charge is 2.01. The molecule has 1 atom stereocenters. The summed E-state index contributed by atoms with van der Waals surface area (Å²) in [5, 5.41) is 11.6. The first-order chi connectivity index (χ1) is 5.77. The van der Waals surface area contributed by atoms with E-state index in [1.165, 1.54) is 0 Å². The van der Waals surface area contributed by atoms with Crippen molar-refractivity contribution in [3.05, 3.63) is 29.6 Å². The van der Waals surface area contributed by atoms with Gasteiger partial charge < -0.3 is 5.32 Å². The van der Waals surface area contributed by atoms with Gasteiger partial charge in [0.15, 0.2) is 0 Å². The summed E-state index contributed by atoms with van der Waals surface area (Å²) in [5.74, 6) is 0. The Bertz CT molecular complexity index is 284. The van der Waals surface area contributed by atoms with E-state index in [1.807, 2.05) is 26.1 Å². The van der Waals surface area contributed by atoms with Crippen LogP contribution in [0.4, 0.5) is 0 Å². The van der Waals surface area contributed by atoms with Gasteiger partial charge in [-0.2, -0.15) is 5.26 Å². The van der Waals surface area contributed by atoms with Crippen LogP contribution in [0, 0.1) is 11.3 Å². The number of nitriles is 1. The maximum atomic E-state index is 8.50. The van der Waals surface area contributed by atoms with Gasteiger partial charge in [0.25, 0.3) is 0 Å². The molecule has 0 amide bonds. The van der Waals surface area contributed by atoms with E-state index in [0.717, 1.165) is 5.56 Å². The van der Waals surface area contributed by atoms with Crippen LogP contribution in [0.15, 0.2) is 18.3 Å². The van der Waals surface area contributed by atoms with Crippen molar-refractivity contribution in [2.75, 3.05) is 7.05 Å². The molecule has 3 nitrogen and oxygen atoms in total. The van der Waals surface area contributed by atoms with Gasteiger partial charge in [0.2, 0.25) is 0 Å². The van der Waals surface area contributed by atoms with E-state index in [1.54, 1.807) is 12.3 Å². The molecule has 12 heavy (non-hydrogen) atoms. The number of nitrogens with zero attached hydrogens (tertiary/aromatic N) is 2. The Hall–Kier alpha value is -1.40. The monoisotopic (exact) mass is 161 g/mol. The van der Waals surface area contributed by atoms with Gasteiger partial charge in [-0.05, 0) is 25.6 Å². The standard InChI is InChI=1S/C9H11N3/c1-7(11-2)8-3-4-9(5-10)12-6-8/h3-4,6-7,11H,1-2H3. The van der Waals surface area contributed by atoms with E-state index < -0.39 is 0 Å². The number of rotatable bonds is 2. The Balaban J connectivity index is 2.86. The van der Waals surface area contributed by atoms with Gasteiger partial charge >= 0.3 is 0 Å². The first-order valence-electron chi connectivity index (χ1n) is 3.81. The number of nitrogens with one attached hydrogen (secondary N) is 1. The first kappa shape index (κ1) is 8.69. The number of pyridine rings is 1. The molecular formula is C9H11N3. The minimum absolute atomic E-state index is 0.283. The van der Waals surface area contributed by atoms with Crippen molar-refractivity contribution < 1.29 is 0 Å². The Labute approximate surface area is 72.1 Å². The zero-order valence-corrected chi connectivity index (χ0v) is 7.20. The molecule has 0 aromatic carbocycles. The third kappa shape index (κ3) is 1.80. The maximum absolute atomic E-state index is 8.50. The summed E-state index contributed by atoms with van der Waals surface area (Å²) in [6.45, 7) is 2.04. The lowest BCUT2D eigenvalue weighted by molar-refractivity contribution is 0.649. The second kappa shape index (κ2) is 3.84. The van der Waals surface area contributed by atoms with Crippen molar-refractivity contribution in [3.63, 3.8) is 0 Å². The van der Waals surface area contributed by atoms with Crippen LogP contribution in [0.3, 0.4) is 0 Å². The molecular weight excluding hydrogens is 150 g/mol. The topological polar surface area (TPSA) is 48.7 Å². The van der Waals surface area contributed by atoms with Crippen molar-refractivity contribution in [1.82, 2.24) is 10.3 Å². The summed E-state index contributed by atoms with van der Waals surface area (Å²) in [5.41, 5.74) is 1.55. The molecule has 1 rings (SSSR count). The van der Waals surface area contributed by atoms with E-state index in [4.69, 9.17) is 5.26 Å². The Morgan fingerprint density at radius 3 is 2.75 bits per heavy atom. The van der Waals surface area contributed by atoms with Gasteiger partial charge in [0.05, 0.1) is 0 Å². The largest absolute Gasteiger partial charge is 0.313 e. The summed E-state index contributed by atoms with van der Waals surface area (Å²) in [7, 11) is 1.89. The van der Waals surface area contributed by atoms with Crippen LogP contribution in [0.5, 0.6) is 0 Å². The average Bonchev–Trinajstić information content (AvgIpc) is 2.17. The molecule has 3 heteroatoms. The lowest BCUT2D eigenvalue weighted by Crippen LogP contribution is -2.12. The molecule has 1 heterocycles. The van der Waals surface area contributed by atoms with Gasteiger partial charge in [-0.25, -0.2) is 4.98 Å². The van der Waals surface area contributed by atoms with Crippen molar-refractivity contribution >= 4 is 0 Å². The van der Waals surface area contributed by atoms with Crippen molar-refractivity contribution in [1.29, 1.82) is 5.26 Å². The van der Waals surface area contributed by atoms with Crippen LogP contribution in [-0.2, 0) is 0 Å². The van der Waals surface area contributed by atoms with E-state index in [0.29, 0.717) is 5.69 Å². The molecule has 0 saturated carbocycles. The third-order valence-corrected chi connectivity index (χ3v) is 1.83. The molecule has 0 aliphatic carbocycles. The highest BCUT2D eigenvalue weighted by atomic mass is 14.9. The predicted molar refractivity (Wildman–Crippen MR) is 46.4 cm³/mol. The second-order valence-electron chi connectivity index (χ2n) is 2.60. The van der Waals surface area contributed by atoms with Gasteiger partial charge in [0.1, 0.15) is 11.8 Å². The van der Waals surface area contributed by atoms with Crippen molar-refractivity contribution in [3.8, 4) is 6.07 Å². The molecule has 0 saturated heterocycles. The molecule has 1 N–H and O–H groups in total. The first-order valence-corrected chi connectivity index (χ1v) is 3.81. The molecule has 0 radical (unpaired) electrons. The lowest BCUT2D eigenvalue weighted by Gasteiger charge is -2.08. The SMILES string of the molecule is CNC(C)c1ccc(C#N)nc1. The molecule has 1 unspecified atom stereocenters. The van der Waals surface area contributed by atoms with E-state index >= 15 is 0 Å². The molecule has 62 valence electrons. The Morgan fingerprint density at radius 2 is 2.33 bits per heavy atom. The lowest BCUT2D eigenvalue weighted by atomic mass is 10.1. The quantitative estimate of drug-likeness (QED) is 0.709. The van der Waals surface area contributed by atoms with Crippen LogP contribution < -0.4 is 5.32 Å². The van der Waals surface area contributed by atoms with Crippen molar-refractivity contribution in [2.45, 2.75) is 13.0 Å². The van der Waals surface area contributed by atoms with Crippen LogP contribution >= 0.6 is 0 Å². The summed E-state index contributed by atoms with van der Waals surface area (Å²) < 4.78 is 0. The summed E-state index contributed by atoms with van der Waals surface area (Å²) in [4.78, 5) is 3.97. The molecule has 1 aromatic heterocycles. The zero-order valence-electron chi connectivity index (χ0n) is 7.20. The number of hydrogen-bond donors (Lipinski definition) is 1. The van der Waals surface area contributed by atoms with Crippen LogP contribution in [0.2, 0.25) is 0 Å². The molecule has 0 bridgehead atoms. The van der Waals surface area contributed by atoms with Gasteiger partial charge in [-0.3, -0.25) is 0 Å². The van der Waals surface area contributed by atoms with E-state index in [2.05, 4.69) is 10.3 Å². The minimum Gasteiger partial charge on any atom is -0.313 e. The fraction of sp³-hybridized carbons (Fsp3) is 0.333. The summed E-state index contributed by atoms with van der Waals surface area (Å²) in [6, 6.07) is 5.90. The molecule has 1 aromatic rings. The molecule has 0 aliphatic heterocycles. The van der Waals surface area contributed by atoms with E-state index in [-0.39, 0.29) is 6.04 Å². The Kier molecular flexibility index (Phi) is 2.78. The number of aromatic nitrogens is 1. The van der Waals surface area contributed by atoms with Gasteiger partial charge in [-0.15, -0.1) is 0 Å². The second-order valence-corrected chi connectivity index (χ2v) is 2.60. The Morgan fingerprint density at radius 1 is 1.58 bits per heavy atom. The van der Waals surface area contributed by atoms with Crippen LogP contribution in [-0.4, -0.2) is 12.0 Å². The highest BCUT2D eigenvalue weighted by Crippen LogP contribution is 2.09. The fourth-order valence-electron chi connectivity index (χ4n) is 0.894. The normalized spacial score (nSPS) is 12.1. The average molecular weight is 161 g/mol. The summed E-state index contributed by atoms with van der Waals surface area (Å²) in [6.07, 6.45) is 1.72. The summed E-state index contributed by atoms with van der Waals surface area (Å²) >= 11 is 0. The maximum Gasteiger partial charge on any atom is 0.140 e.